The second kappa shape index (κ2) is 8.76. The van der Waals surface area contributed by atoms with Crippen molar-refractivity contribution >= 4 is 12.0 Å². The van der Waals surface area contributed by atoms with Crippen molar-refractivity contribution in [2.24, 2.45) is 0 Å². The Morgan fingerprint density at radius 1 is 1.23 bits per heavy atom. The van der Waals surface area contributed by atoms with Crippen molar-refractivity contribution in [3.63, 3.8) is 0 Å². The third-order valence-corrected chi connectivity index (χ3v) is 4.76. The molecule has 2 aliphatic heterocycles. The van der Waals surface area contributed by atoms with E-state index in [1.807, 2.05) is 6.07 Å². The Morgan fingerprint density at radius 2 is 2.03 bits per heavy atom. The van der Waals surface area contributed by atoms with Crippen LogP contribution in [0.1, 0.15) is 5.56 Å². The molecule has 0 radical (unpaired) electrons. The monoisotopic (exact) mass is 408 g/mol. The molecule has 30 heavy (non-hydrogen) atoms. The second-order valence-corrected chi connectivity index (χ2v) is 6.83. The van der Waals surface area contributed by atoms with Crippen LogP contribution in [-0.2, 0) is 9.53 Å². The van der Waals surface area contributed by atoms with Crippen molar-refractivity contribution < 1.29 is 28.8 Å². The van der Waals surface area contributed by atoms with Gasteiger partial charge in [0.2, 0.25) is 6.79 Å². The molecule has 0 spiro atoms. The maximum absolute atomic E-state index is 12.8. The second-order valence-electron chi connectivity index (χ2n) is 6.83. The average molecular weight is 408 g/mol. The van der Waals surface area contributed by atoms with Crippen molar-refractivity contribution in [3.05, 3.63) is 53.6 Å². The van der Waals surface area contributed by atoms with Gasteiger partial charge >= 0.3 is 0 Å². The highest BCUT2D eigenvalue weighted by Crippen LogP contribution is 2.35. The van der Waals surface area contributed by atoms with Gasteiger partial charge in [0, 0.05) is 12.6 Å². The summed E-state index contributed by atoms with van der Waals surface area (Å²) in [4.78, 5) is 14.4. The van der Waals surface area contributed by atoms with Crippen LogP contribution in [-0.4, -0.2) is 55.1 Å². The van der Waals surface area contributed by atoms with E-state index in [4.69, 9.17) is 18.9 Å². The fraction of sp³-hybridized carbons (Fsp3) is 0.273. The number of fused-ring (bicyclic) bond motifs is 1. The van der Waals surface area contributed by atoms with E-state index < -0.39 is 0 Å². The quantitative estimate of drug-likeness (QED) is 0.598. The third-order valence-electron chi connectivity index (χ3n) is 4.76. The third kappa shape index (κ3) is 4.47. The average Bonchev–Trinajstić information content (AvgIpc) is 3.25. The van der Waals surface area contributed by atoms with E-state index in [9.17, 15) is 15.2 Å². The molecule has 154 valence electrons. The van der Waals surface area contributed by atoms with E-state index in [1.165, 1.54) is 18.2 Å². The van der Waals surface area contributed by atoms with Gasteiger partial charge in [-0.15, -0.1) is 0 Å². The summed E-state index contributed by atoms with van der Waals surface area (Å²) in [6.45, 7) is 1.53. The molecule has 1 atom stereocenters. The van der Waals surface area contributed by atoms with Crippen molar-refractivity contribution in [1.29, 1.82) is 5.26 Å². The lowest BCUT2D eigenvalue weighted by Crippen LogP contribution is -2.48. The first-order chi connectivity index (χ1) is 14.6. The van der Waals surface area contributed by atoms with Crippen LogP contribution in [0, 0.1) is 11.3 Å². The standard InChI is InChI=1S/C22H20N2O6/c23-11-16(9-15-1-3-17(25)4-2-15)22(26)24-7-8-27-19(12-24)13-28-18-5-6-20-21(10-18)30-14-29-20/h1-6,9-10,19,25H,7-8,12-14H2/b16-9+. The number of nitrogens with zero attached hydrogens (tertiary/aromatic N) is 2. The van der Waals surface area contributed by atoms with E-state index in [0.717, 1.165) is 0 Å². The van der Waals surface area contributed by atoms with E-state index in [0.29, 0.717) is 42.5 Å². The summed E-state index contributed by atoms with van der Waals surface area (Å²) in [7, 11) is 0. The molecule has 1 fully saturated rings. The number of amides is 1. The Labute approximate surface area is 173 Å². The molecular weight excluding hydrogens is 388 g/mol. The molecule has 8 heteroatoms. The summed E-state index contributed by atoms with van der Waals surface area (Å²) in [6, 6.07) is 13.6. The SMILES string of the molecule is N#C/C(=C\c1ccc(O)cc1)C(=O)N1CCOC(COc2ccc3c(c2)OCO3)C1. The Hall–Kier alpha value is -3.70. The smallest absolute Gasteiger partial charge is 0.264 e. The molecule has 0 bridgehead atoms. The zero-order chi connectivity index (χ0) is 20.9. The zero-order valence-electron chi connectivity index (χ0n) is 16.1. The zero-order valence-corrected chi connectivity index (χ0v) is 16.1. The molecule has 1 amide bonds. The molecule has 0 aromatic heterocycles. The molecule has 2 aromatic rings. The van der Waals surface area contributed by atoms with Gasteiger partial charge in [0.05, 0.1) is 13.2 Å². The predicted molar refractivity (Wildman–Crippen MR) is 106 cm³/mol. The summed E-state index contributed by atoms with van der Waals surface area (Å²) in [5, 5.41) is 18.8. The number of carbonyl (C=O) groups is 1. The first-order valence-electron chi connectivity index (χ1n) is 9.46. The summed E-state index contributed by atoms with van der Waals surface area (Å²) in [5.41, 5.74) is 0.687. The normalized spacial score (nSPS) is 18.0. The van der Waals surface area contributed by atoms with Crippen LogP contribution < -0.4 is 14.2 Å². The minimum Gasteiger partial charge on any atom is -0.508 e. The lowest BCUT2D eigenvalue weighted by molar-refractivity contribution is -0.135. The topological polar surface area (TPSA) is 101 Å². The fourth-order valence-electron chi connectivity index (χ4n) is 3.21. The van der Waals surface area contributed by atoms with Crippen LogP contribution in [0.4, 0.5) is 0 Å². The molecule has 1 N–H and O–H groups in total. The van der Waals surface area contributed by atoms with Gasteiger partial charge in [0.25, 0.3) is 5.91 Å². The summed E-state index contributed by atoms with van der Waals surface area (Å²) in [5.74, 6) is 1.69. The Bertz CT molecular complexity index is 996. The summed E-state index contributed by atoms with van der Waals surface area (Å²) < 4.78 is 22.1. The first-order valence-corrected chi connectivity index (χ1v) is 9.46. The van der Waals surface area contributed by atoms with Crippen molar-refractivity contribution in [1.82, 2.24) is 4.90 Å². The Kier molecular flexibility index (Phi) is 5.72. The molecule has 2 aromatic carbocycles. The fourth-order valence-corrected chi connectivity index (χ4v) is 3.21. The van der Waals surface area contributed by atoms with Crippen molar-refractivity contribution in [2.75, 3.05) is 33.1 Å². The highest BCUT2D eigenvalue weighted by molar-refractivity contribution is 6.01. The lowest BCUT2D eigenvalue weighted by Gasteiger charge is -2.32. The van der Waals surface area contributed by atoms with Gasteiger partial charge in [0.1, 0.15) is 35.9 Å². The van der Waals surface area contributed by atoms with Gasteiger partial charge < -0.3 is 29.0 Å². The van der Waals surface area contributed by atoms with E-state index in [2.05, 4.69) is 0 Å². The molecular formula is C22H20N2O6. The molecule has 2 aliphatic rings. The van der Waals surface area contributed by atoms with E-state index in [-0.39, 0.29) is 36.7 Å². The molecule has 8 nitrogen and oxygen atoms in total. The number of hydrogen-bond acceptors (Lipinski definition) is 7. The number of phenolic OH excluding ortho intramolecular Hbond substituents is 1. The molecule has 0 saturated carbocycles. The number of aromatic hydroxyl groups is 1. The van der Waals surface area contributed by atoms with Crippen LogP contribution in [0.5, 0.6) is 23.0 Å². The maximum atomic E-state index is 12.8. The van der Waals surface area contributed by atoms with E-state index >= 15 is 0 Å². The van der Waals surface area contributed by atoms with Crippen molar-refractivity contribution in [3.8, 4) is 29.1 Å². The number of carbonyl (C=O) groups excluding carboxylic acids is 1. The van der Waals surface area contributed by atoms with Crippen LogP contribution in [0.3, 0.4) is 0 Å². The highest BCUT2D eigenvalue weighted by atomic mass is 16.7. The first kappa shape index (κ1) is 19.6. The number of ether oxygens (including phenoxy) is 4. The maximum Gasteiger partial charge on any atom is 0.264 e. The molecule has 4 rings (SSSR count). The molecule has 1 unspecified atom stereocenters. The number of hydrogen-bond donors (Lipinski definition) is 1. The van der Waals surface area contributed by atoms with Crippen LogP contribution in [0.25, 0.3) is 6.08 Å². The molecule has 1 saturated heterocycles. The Morgan fingerprint density at radius 3 is 2.83 bits per heavy atom. The number of rotatable bonds is 5. The van der Waals surface area contributed by atoms with Crippen molar-refractivity contribution in [2.45, 2.75) is 6.10 Å². The number of phenols is 1. The lowest BCUT2D eigenvalue weighted by atomic mass is 10.1. The Balaban J connectivity index is 1.37. The van der Waals surface area contributed by atoms with Gasteiger partial charge in [-0.1, -0.05) is 12.1 Å². The van der Waals surface area contributed by atoms with Gasteiger partial charge in [-0.05, 0) is 35.9 Å². The van der Waals surface area contributed by atoms with Gasteiger partial charge in [0.15, 0.2) is 11.5 Å². The van der Waals surface area contributed by atoms with Gasteiger partial charge in [-0.25, -0.2) is 0 Å². The minimum atomic E-state index is -0.359. The van der Waals surface area contributed by atoms with Crippen LogP contribution >= 0.6 is 0 Å². The number of nitriles is 1. The highest BCUT2D eigenvalue weighted by Gasteiger charge is 2.27. The van der Waals surface area contributed by atoms with Gasteiger partial charge in [-0.2, -0.15) is 5.26 Å². The number of morpholine rings is 1. The molecule has 2 heterocycles. The molecule has 0 aliphatic carbocycles. The predicted octanol–water partition coefficient (Wildman–Crippen LogP) is 2.33. The largest absolute Gasteiger partial charge is 0.508 e. The summed E-state index contributed by atoms with van der Waals surface area (Å²) >= 11 is 0. The summed E-state index contributed by atoms with van der Waals surface area (Å²) in [6.07, 6.45) is 1.19. The van der Waals surface area contributed by atoms with Crippen LogP contribution in [0.2, 0.25) is 0 Å². The minimum absolute atomic E-state index is 0.0260. The van der Waals surface area contributed by atoms with Crippen LogP contribution in [0.15, 0.2) is 48.0 Å². The van der Waals surface area contributed by atoms with Gasteiger partial charge in [-0.3, -0.25) is 4.79 Å². The van der Waals surface area contributed by atoms with E-state index in [1.54, 1.807) is 35.2 Å². The number of benzene rings is 2.